The Labute approximate surface area is 372 Å². The van der Waals surface area contributed by atoms with Gasteiger partial charge in [-0.3, -0.25) is 8.80 Å². The number of fused-ring (bicyclic) bond motifs is 2. The molecule has 0 saturated heterocycles. The van der Waals surface area contributed by atoms with Crippen LogP contribution in [0.5, 0.6) is 0 Å². The Balaban J connectivity index is 0.000000183. The number of nitrogens with zero attached hydrogens (tertiary/aromatic N) is 17. The van der Waals surface area contributed by atoms with Gasteiger partial charge in [-0.15, -0.1) is 10.2 Å². The van der Waals surface area contributed by atoms with E-state index in [0.717, 1.165) is 81.8 Å². The van der Waals surface area contributed by atoms with E-state index >= 15 is 0 Å². The quantitative estimate of drug-likeness (QED) is 0.0993. The molecular formula is C41H36IN17Zn. The standard InChI is InChI=1S/C20H18N8.C19H18IN7.2CN.Zn/c1-11-23-16(9-19(24-11)28-13(3)22-12(2)26-28)14-8-15(14)20-17(10-21)27-7-5-4-6-18(27)25-20;1-10-22-15(9-17(23-10)27-12(3)21-11(2)25-27)13-8-14(13)18-19(20)26-7-5-4-6-16(26)24-18;2*1-2;/h4-7,9,14-15H,8H2,1-3H3;4-7,9,13-14H,8H2,1-3H3;;;/q;;2*-1;+2/t14?,15-;13?,14-;;;/m11.../s1. The molecule has 0 N–H and O–H groups in total. The number of nitriles is 1. The van der Waals surface area contributed by atoms with Crippen LogP contribution in [-0.4, -0.2) is 68.2 Å². The Hall–Kier alpha value is -6.36. The van der Waals surface area contributed by atoms with Crippen LogP contribution in [-0.2, 0) is 19.5 Å². The minimum atomic E-state index is 0. The van der Waals surface area contributed by atoms with Crippen molar-refractivity contribution in [3.8, 4) is 17.7 Å². The van der Waals surface area contributed by atoms with Gasteiger partial charge in [0.2, 0.25) is 0 Å². The molecule has 4 atom stereocenters. The molecule has 2 aliphatic carbocycles. The van der Waals surface area contributed by atoms with Gasteiger partial charge in [0.1, 0.15) is 61.7 Å². The van der Waals surface area contributed by atoms with E-state index in [4.69, 9.17) is 38.6 Å². The van der Waals surface area contributed by atoms with Gasteiger partial charge in [0, 0.05) is 48.2 Å². The van der Waals surface area contributed by atoms with Crippen LogP contribution in [0.2, 0.25) is 0 Å². The monoisotopic (exact) mass is 957 g/mol. The van der Waals surface area contributed by atoms with Crippen molar-refractivity contribution in [1.82, 2.24) is 68.2 Å². The number of hydrogen-bond donors (Lipinski definition) is 0. The van der Waals surface area contributed by atoms with Crippen LogP contribution in [0.3, 0.4) is 0 Å². The van der Waals surface area contributed by atoms with Crippen LogP contribution in [0, 0.1) is 80.2 Å². The Bertz CT molecular complexity index is 2920. The zero-order valence-electron chi connectivity index (χ0n) is 33.7. The molecule has 0 aromatic carbocycles. The van der Waals surface area contributed by atoms with Gasteiger partial charge in [0.05, 0.1) is 22.8 Å². The van der Waals surface area contributed by atoms with Crippen molar-refractivity contribution in [2.75, 3.05) is 0 Å². The first-order valence-electron chi connectivity index (χ1n) is 18.5. The summed E-state index contributed by atoms with van der Waals surface area (Å²) in [5.74, 6) is 7.22. The Morgan fingerprint density at radius 1 is 0.583 bits per heavy atom. The molecule has 0 aliphatic heterocycles. The molecule has 0 spiro atoms. The molecule has 8 heterocycles. The van der Waals surface area contributed by atoms with Crippen LogP contribution in [0.4, 0.5) is 0 Å². The van der Waals surface area contributed by atoms with Crippen molar-refractivity contribution in [2.24, 2.45) is 0 Å². The molecule has 2 aliphatic rings. The second-order valence-corrected chi connectivity index (χ2v) is 15.2. The molecule has 17 nitrogen and oxygen atoms in total. The van der Waals surface area contributed by atoms with Crippen LogP contribution in [0.15, 0.2) is 60.9 Å². The van der Waals surface area contributed by atoms with Gasteiger partial charge in [-0.2, -0.15) is 14.6 Å². The Kier molecular flexibility index (Phi) is 12.9. The van der Waals surface area contributed by atoms with Crippen molar-refractivity contribution in [3.05, 3.63) is 141 Å². The molecule has 8 aromatic rings. The topological polar surface area (TPSA) is 219 Å². The molecule has 0 amide bonds. The molecule has 19 heteroatoms. The first kappa shape index (κ1) is 43.2. The molecule has 0 radical (unpaired) electrons. The second-order valence-electron chi connectivity index (χ2n) is 14.1. The zero-order chi connectivity index (χ0) is 42.1. The molecule has 2 unspecified atom stereocenters. The summed E-state index contributed by atoms with van der Waals surface area (Å²) < 4.78 is 8.71. The number of imidazole rings is 2. The van der Waals surface area contributed by atoms with Crippen molar-refractivity contribution >= 4 is 33.9 Å². The number of halogens is 1. The summed E-state index contributed by atoms with van der Waals surface area (Å²) in [5, 5.41) is 31.0. The maximum absolute atomic E-state index is 9.65. The minimum Gasteiger partial charge on any atom is -0.512 e. The van der Waals surface area contributed by atoms with E-state index in [1.54, 1.807) is 9.36 Å². The van der Waals surface area contributed by atoms with Crippen molar-refractivity contribution in [2.45, 2.75) is 78.1 Å². The predicted octanol–water partition coefficient (Wildman–Crippen LogP) is 6.47. The fourth-order valence-corrected chi connectivity index (χ4v) is 8.40. The van der Waals surface area contributed by atoms with Gasteiger partial charge >= 0.3 is 19.5 Å². The smallest absolute Gasteiger partial charge is 0.512 e. The molecule has 60 heavy (non-hydrogen) atoms. The summed E-state index contributed by atoms with van der Waals surface area (Å²) in [6, 6.07) is 18.2. The first-order chi connectivity index (χ1) is 28.6. The van der Waals surface area contributed by atoms with Crippen LogP contribution >= 0.6 is 22.6 Å². The molecule has 8 aromatic heterocycles. The van der Waals surface area contributed by atoms with E-state index in [2.05, 4.69) is 74.4 Å². The Morgan fingerprint density at radius 2 is 1.03 bits per heavy atom. The van der Waals surface area contributed by atoms with Gasteiger partial charge < -0.3 is 23.7 Å². The third-order valence-electron chi connectivity index (χ3n) is 10.1. The number of hydrogen-bond acceptors (Lipinski definition) is 13. The number of pyridine rings is 2. The molecule has 0 bridgehead atoms. The summed E-state index contributed by atoms with van der Waals surface area (Å²) in [6.45, 7) is 20.9. The molecular weight excluding hydrogens is 923 g/mol. The molecule has 294 valence electrons. The van der Waals surface area contributed by atoms with Crippen LogP contribution in [0.1, 0.15) is 99.9 Å². The average molecular weight is 959 g/mol. The van der Waals surface area contributed by atoms with Gasteiger partial charge in [0.15, 0.2) is 11.6 Å². The number of aryl methyl sites for hydroxylation is 6. The van der Waals surface area contributed by atoms with Crippen molar-refractivity contribution < 1.29 is 19.5 Å². The fourth-order valence-electron chi connectivity index (χ4n) is 7.47. The average Bonchev–Trinajstić information content (AvgIpc) is 4.07. The fraction of sp³-hybridized carbons (Fsp3) is 0.293. The zero-order valence-corrected chi connectivity index (χ0v) is 38.8. The Morgan fingerprint density at radius 3 is 1.48 bits per heavy atom. The molecule has 10 rings (SSSR count). The van der Waals surface area contributed by atoms with Crippen molar-refractivity contribution in [3.63, 3.8) is 0 Å². The van der Waals surface area contributed by atoms with Gasteiger partial charge in [-0.05, 0) is 101 Å². The van der Waals surface area contributed by atoms with Gasteiger partial charge in [0.25, 0.3) is 0 Å². The summed E-state index contributed by atoms with van der Waals surface area (Å²) in [7, 11) is 0. The van der Waals surface area contributed by atoms with Gasteiger partial charge in [-0.1, -0.05) is 12.1 Å². The van der Waals surface area contributed by atoms with E-state index in [1.165, 1.54) is 3.70 Å². The van der Waals surface area contributed by atoms with Crippen LogP contribution < -0.4 is 0 Å². The van der Waals surface area contributed by atoms with Crippen molar-refractivity contribution in [1.29, 1.82) is 15.8 Å². The normalized spacial score (nSPS) is 17.2. The molecule has 2 fully saturated rings. The van der Waals surface area contributed by atoms with E-state index in [1.807, 2.05) is 101 Å². The van der Waals surface area contributed by atoms with E-state index < -0.39 is 0 Å². The summed E-state index contributed by atoms with van der Waals surface area (Å²) in [4.78, 5) is 36.8. The maximum Gasteiger partial charge on any atom is 2.00 e. The summed E-state index contributed by atoms with van der Waals surface area (Å²) in [5.41, 5.74) is 6.44. The third kappa shape index (κ3) is 8.39. The minimum absolute atomic E-state index is 0. The number of aromatic nitrogens is 14. The summed E-state index contributed by atoms with van der Waals surface area (Å²) in [6.07, 6.45) is 5.92. The van der Waals surface area contributed by atoms with E-state index in [-0.39, 0.29) is 31.3 Å². The van der Waals surface area contributed by atoms with E-state index in [9.17, 15) is 5.26 Å². The largest absolute Gasteiger partial charge is 2.00 e. The van der Waals surface area contributed by atoms with Gasteiger partial charge in [-0.25, -0.2) is 39.9 Å². The third-order valence-corrected chi connectivity index (χ3v) is 11.1. The molecule has 2 saturated carbocycles. The first-order valence-corrected chi connectivity index (χ1v) is 19.6. The maximum atomic E-state index is 9.65. The number of rotatable bonds is 6. The van der Waals surface area contributed by atoms with Crippen LogP contribution in [0.25, 0.3) is 22.9 Å². The predicted molar refractivity (Wildman–Crippen MR) is 220 cm³/mol. The SMILES string of the molecule is Cc1nc(C2C[C@H]2c2nc3ccccn3c2C#N)cc(-n2nc(C)nc2C)n1.Cc1nc(C2C[C@H]2c2nc3ccccn3c2I)cc(-n2nc(C)nc2C)n1.[C-]#N.[C-]#N.[Zn+2]. The summed E-state index contributed by atoms with van der Waals surface area (Å²) >= 11 is 2.39. The second kappa shape index (κ2) is 17.9. The van der Waals surface area contributed by atoms with E-state index in [0.29, 0.717) is 29.2 Å².